The van der Waals surface area contributed by atoms with Crippen molar-refractivity contribution in [2.24, 2.45) is 0 Å². The third-order valence-corrected chi connectivity index (χ3v) is 1.48. The second-order valence-electron chi connectivity index (χ2n) is 2.23. The summed E-state index contributed by atoms with van der Waals surface area (Å²) < 4.78 is 1.01. The molecule has 0 amide bonds. The van der Waals surface area contributed by atoms with Gasteiger partial charge in [0.25, 0.3) is 5.56 Å². The molecule has 0 radical (unpaired) electrons. The number of aromatic nitrogens is 2. The summed E-state index contributed by atoms with van der Waals surface area (Å²) in [6.45, 7) is 1.98. The second kappa shape index (κ2) is 3.17. The fraction of sp³-hybridized carbons (Fsp3) is 0.286. The van der Waals surface area contributed by atoms with Crippen molar-refractivity contribution in [3.63, 3.8) is 0 Å². The summed E-state index contributed by atoms with van der Waals surface area (Å²) in [7, 11) is 0. The van der Waals surface area contributed by atoms with E-state index in [1.807, 2.05) is 0 Å². The molecule has 0 aliphatic rings. The predicted octanol–water partition coefficient (Wildman–Crippen LogP) is -0.631. The van der Waals surface area contributed by atoms with Gasteiger partial charge in [0.1, 0.15) is 0 Å². The van der Waals surface area contributed by atoms with Crippen LogP contribution in [-0.4, -0.2) is 15.8 Å². The van der Waals surface area contributed by atoms with Crippen molar-refractivity contribution in [3.8, 4) is 0 Å². The van der Waals surface area contributed by atoms with Crippen LogP contribution in [0.2, 0.25) is 0 Å². The molecule has 0 saturated carbocycles. The van der Waals surface area contributed by atoms with Crippen LogP contribution in [0.3, 0.4) is 0 Å². The van der Waals surface area contributed by atoms with E-state index in [0.717, 1.165) is 10.6 Å². The Morgan fingerprint density at radius 2 is 2.25 bits per heavy atom. The zero-order chi connectivity index (χ0) is 9.14. The molecule has 1 aromatic heterocycles. The van der Waals surface area contributed by atoms with Crippen LogP contribution < -0.4 is 11.2 Å². The van der Waals surface area contributed by atoms with Gasteiger partial charge in [-0.2, -0.15) is 0 Å². The van der Waals surface area contributed by atoms with E-state index < -0.39 is 11.2 Å². The highest BCUT2D eigenvalue weighted by Crippen LogP contribution is 1.77. The molecule has 0 bridgehead atoms. The van der Waals surface area contributed by atoms with Gasteiger partial charge in [0.15, 0.2) is 6.29 Å². The minimum Gasteiger partial charge on any atom is -0.304 e. The van der Waals surface area contributed by atoms with E-state index in [1.54, 1.807) is 6.92 Å². The largest absolute Gasteiger partial charge is 0.328 e. The molecular weight excluding hydrogens is 160 g/mol. The molecule has 1 aromatic rings. The summed E-state index contributed by atoms with van der Waals surface area (Å²) in [6, 6.07) is 1.10. The number of rotatable bonds is 2. The first kappa shape index (κ1) is 8.45. The molecule has 1 rings (SSSR count). The van der Waals surface area contributed by atoms with Gasteiger partial charge in [-0.3, -0.25) is 14.2 Å². The Morgan fingerprint density at radius 1 is 1.58 bits per heavy atom. The first-order valence-electron chi connectivity index (χ1n) is 3.48. The predicted molar refractivity (Wildman–Crippen MR) is 42.4 cm³/mol. The first-order chi connectivity index (χ1) is 5.69. The van der Waals surface area contributed by atoms with Crippen LogP contribution in [0.4, 0.5) is 0 Å². The number of aldehydes is 1. The summed E-state index contributed by atoms with van der Waals surface area (Å²) in [4.78, 5) is 34.5. The first-order valence-corrected chi connectivity index (χ1v) is 3.48. The topological polar surface area (TPSA) is 71.9 Å². The molecule has 12 heavy (non-hydrogen) atoms. The Morgan fingerprint density at radius 3 is 2.67 bits per heavy atom. The van der Waals surface area contributed by atoms with Crippen LogP contribution in [0.1, 0.15) is 17.4 Å². The normalized spacial score (nSPS) is 9.75. The SMILES string of the molecule is CCn1c(=O)cc(C=O)[nH]c1=O. The fourth-order valence-electron chi connectivity index (χ4n) is 0.901. The van der Waals surface area contributed by atoms with Gasteiger partial charge in [0.05, 0.1) is 5.69 Å². The van der Waals surface area contributed by atoms with E-state index in [2.05, 4.69) is 4.98 Å². The van der Waals surface area contributed by atoms with Crippen LogP contribution in [-0.2, 0) is 6.54 Å². The minimum absolute atomic E-state index is 0.00898. The smallest absolute Gasteiger partial charge is 0.304 e. The van der Waals surface area contributed by atoms with Gasteiger partial charge in [-0.05, 0) is 6.92 Å². The van der Waals surface area contributed by atoms with E-state index >= 15 is 0 Å². The Bertz CT molecular complexity index is 371. The van der Waals surface area contributed by atoms with Crippen LogP contribution in [0.5, 0.6) is 0 Å². The molecule has 1 N–H and O–H groups in total. The summed E-state index contributed by atoms with van der Waals surface area (Å²) in [5.74, 6) is 0. The Labute approximate surface area is 67.7 Å². The van der Waals surface area contributed by atoms with Crippen molar-refractivity contribution in [1.82, 2.24) is 9.55 Å². The van der Waals surface area contributed by atoms with Gasteiger partial charge >= 0.3 is 5.69 Å². The Balaban J connectivity index is 3.49. The molecule has 5 heteroatoms. The third-order valence-electron chi connectivity index (χ3n) is 1.48. The van der Waals surface area contributed by atoms with Crippen LogP contribution in [0.15, 0.2) is 15.7 Å². The maximum absolute atomic E-state index is 11.0. The third kappa shape index (κ3) is 1.34. The Kier molecular flexibility index (Phi) is 2.23. The van der Waals surface area contributed by atoms with Crippen LogP contribution in [0, 0.1) is 0 Å². The van der Waals surface area contributed by atoms with Crippen molar-refractivity contribution in [3.05, 3.63) is 32.6 Å². The lowest BCUT2D eigenvalue weighted by molar-refractivity contribution is 0.111. The number of carbonyl (C=O) groups excluding carboxylic acids is 1. The number of nitrogens with one attached hydrogen (secondary N) is 1. The number of hydrogen-bond donors (Lipinski definition) is 1. The van der Waals surface area contributed by atoms with Gasteiger partial charge in [0, 0.05) is 12.6 Å². The van der Waals surface area contributed by atoms with Crippen molar-refractivity contribution in [1.29, 1.82) is 0 Å². The van der Waals surface area contributed by atoms with Crippen molar-refractivity contribution < 1.29 is 4.79 Å². The van der Waals surface area contributed by atoms with Gasteiger partial charge in [-0.15, -0.1) is 0 Å². The summed E-state index contributed by atoms with van der Waals surface area (Å²) in [6.07, 6.45) is 0.433. The lowest BCUT2D eigenvalue weighted by atomic mass is 10.4. The summed E-state index contributed by atoms with van der Waals surface area (Å²) in [5.41, 5.74) is -0.995. The van der Waals surface area contributed by atoms with E-state index in [0.29, 0.717) is 12.8 Å². The minimum atomic E-state index is -0.549. The number of aromatic amines is 1. The molecule has 0 spiro atoms. The highest BCUT2D eigenvalue weighted by Gasteiger charge is 2.00. The summed E-state index contributed by atoms with van der Waals surface area (Å²) in [5, 5.41) is 0. The Hall–Kier alpha value is -1.65. The molecule has 5 nitrogen and oxygen atoms in total. The molecule has 0 aliphatic heterocycles. The second-order valence-corrected chi connectivity index (χ2v) is 2.23. The quantitative estimate of drug-likeness (QED) is 0.597. The lowest BCUT2D eigenvalue weighted by Gasteiger charge is -1.98. The zero-order valence-electron chi connectivity index (χ0n) is 6.53. The highest BCUT2D eigenvalue weighted by atomic mass is 16.2. The average molecular weight is 168 g/mol. The average Bonchev–Trinajstić information content (AvgIpc) is 2.03. The fourth-order valence-corrected chi connectivity index (χ4v) is 0.901. The molecule has 0 unspecified atom stereocenters. The molecule has 0 fully saturated rings. The van der Waals surface area contributed by atoms with Crippen molar-refractivity contribution in [2.45, 2.75) is 13.5 Å². The van der Waals surface area contributed by atoms with Gasteiger partial charge in [-0.25, -0.2) is 4.79 Å². The number of carbonyl (C=O) groups is 1. The molecule has 0 aliphatic carbocycles. The van der Waals surface area contributed by atoms with E-state index in [9.17, 15) is 14.4 Å². The molecule has 1 heterocycles. The summed E-state index contributed by atoms with van der Waals surface area (Å²) >= 11 is 0. The molecule has 0 aromatic carbocycles. The van der Waals surface area contributed by atoms with Crippen LogP contribution >= 0.6 is 0 Å². The van der Waals surface area contributed by atoms with Crippen molar-refractivity contribution in [2.75, 3.05) is 0 Å². The molecular formula is C7H8N2O3. The highest BCUT2D eigenvalue weighted by molar-refractivity contribution is 5.70. The number of nitrogens with zero attached hydrogens (tertiary/aromatic N) is 1. The van der Waals surface area contributed by atoms with Crippen LogP contribution in [0.25, 0.3) is 0 Å². The van der Waals surface area contributed by atoms with Gasteiger partial charge < -0.3 is 4.98 Å². The number of hydrogen-bond acceptors (Lipinski definition) is 3. The van der Waals surface area contributed by atoms with E-state index in [1.165, 1.54) is 0 Å². The zero-order valence-corrected chi connectivity index (χ0v) is 6.53. The standard InChI is InChI=1S/C7H8N2O3/c1-2-9-6(11)3-5(4-10)8-7(9)12/h3-4H,2H2,1H3,(H,8,12). The monoisotopic (exact) mass is 168 g/mol. The molecule has 0 saturated heterocycles. The molecule has 0 atom stereocenters. The lowest BCUT2D eigenvalue weighted by Crippen LogP contribution is -2.34. The van der Waals surface area contributed by atoms with E-state index in [-0.39, 0.29) is 5.69 Å². The maximum Gasteiger partial charge on any atom is 0.328 e. The van der Waals surface area contributed by atoms with Gasteiger partial charge in [0.2, 0.25) is 0 Å². The van der Waals surface area contributed by atoms with Crippen molar-refractivity contribution >= 4 is 6.29 Å². The number of H-pyrrole nitrogens is 1. The van der Waals surface area contributed by atoms with Gasteiger partial charge in [-0.1, -0.05) is 0 Å². The maximum atomic E-state index is 11.0. The van der Waals surface area contributed by atoms with E-state index in [4.69, 9.17) is 0 Å². The molecule has 64 valence electrons.